The molecule has 2 aliphatic rings. The first-order valence-electron chi connectivity index (χ1n) is 9.70. The van der Waals surface area contributed by atoms with Gasteiger partial charge in [-0.3, -0.25) is 4.99 Å². The number of ether oxygens (including phenoxy) is 1. The van der Waals surface area contributed by atoms with Crippen molar-refractivity contribution in [3.05, 3.63) is 29.3 Å². The van der Waals surface area contributed by atoms with E-state index in [1.165, 1.54) is 18.5 Å². The van der Waals surface area contributed by atoms with Gasteiger partial charge in [-0.1, -0.05) is 17.7 Å². The van der Waals surface area contributed by atoms with Crippen molar-refractivity contribution in [3.8, 4) is 0 Å². The Bertz CT molecular complexity index is 610. The number of benzene rings is 1. The normalized spacial score (nSPS) is 19.6. The molecule has 1 saturated heterocycles. The average molecular weight is 379 g/mol. The molecule has 6 heteroatoms. The molecule has 2 fully saturated rings. The predicted octanol–water partition coefficient (Wildman–Crippen LogP) is 3.24. The number of nitrogens with one attached hydrogen (secondary N) is 1. The summed E-state index contributed by atoms with van der Waals surface area (Å²) in [6.45, 7) is 8.64. The van der Waals surface area contributed by atoms with E-state index < -0.39 is 0 Å². The fourth-order valence-corrected chi connectivity index (χ4v) is 3.76. The zero-order valence-electron chi connectivity index (χ0n) is 16.0. The van der Waals surface area contributed by atoms with Crippen LogP contribution in [0.5, 0.6) is 0 Å². The number of hydrogen-bond acceptors (Lipinski definition) is 3. The molecule has 0 radical (unpaired) electrons. The van der Waals surface area contributed by atoms with Gasteiger partial charge in [0.25, 0.3) is 0 Å². The average Bonchev–Trinajstić information content (AvgIpc) is 3.43. The molecule has 0 spiro atoms. The van der Waals surface area contributed by atoms with Crippen molar-refractivity contribution >= 4 is 23.2 Å². The molecule has 1 aromatic rings. The van der Waals surface area contributed by atoms with Gasteiger partial charge in [0.2, 0.25) is 0 Å². The highest BCUT2D eigenvalue weighted by Crippen LogP contribution is 2.48. The summed E-state index contributed by atoms with van der Waals surface area (Å²) in [5, 5.41) is 4.41. The summed E-state index contributed by atoms with van der Waals surface area (Å²) in [4.78, 5) is 9.26. The van der Waals surface area contributed by atoms with Gasteiger partial charge in [0.05, 0.1) is 0 Å². The molecule has 1 aromatic carbocycles. The van der Waals surface area contributed by atoms with E-state index in [9.17, 15) is 0 Å². The zero-order chi connectivity index (χ0) is 18.4. The quantitative estimate of drug-likeness (QED) is 0.449. The number of guanidine groups is 1. The lowest BCUT2D eigenvalue weighted by atomic mass is 10.0. The van der Waals surface area contributed by atoms with E-state index in [1.54, 1.807) is 0 Å². The van der Waals surface area contributed by atoms with Crippen LogP contribution < -0.4 is 10.2 Å². The van der Waals surface area contributed by atoms with Gasteiger partial charge in [0.1, 0.15) is 0 Å². The van der Waals surface area contributed by atoms with Crippen LogP contribution in [0.2, 0.25) is 5.02 Å². The number of halogens is 1. The summed E-state index contributed by atoms with van der Waals surface area (Å²) in [5.41, 5.74) is 1.63. The van der Waals surface area contributed by atoms with E-state index in [0.29, 0.717) is 5.41 Å². The molecule has 5 nitrogen and oxygen atoms in total. The summed E-state index contributed by atoms with van der Waals surface area (Å²) < 4.78 is 5.54. The molecule has 1 aliphatic heterocycles. The maximum atomic E-state index is 6.13. The van der Waals surface area contributed by atoms with Crippen LogP contribution in [0, 0.1) is 5.41 Å². The van der Waals surface area contributed by atoms with E-state index in [4.69, 9.17) is 16.3 Å². The molecule has 26 heavy (non-hydrogen) atoms. The second-order valence-electron chi connectivity index (χ2n) is 7.30. The van der Waals surface area contributed by atoms with Crippen molar-refractivity contribution < 1.29 is 4.74 Å². The van der Waals surface area contributed by atoms with E-state index in [-0.39, 0.29) is 0 Å². The third-order valence-electron chi connectivity index (χ3n) is 5.52. The Morgan fingerprint density at radius 2 is 2.04 bits per heavy atom. The molecule has 0 amide bonds. The van der Waals surface area contributed by atoms with Crippen LogP contribution >= 0.6 is 11.6 Å². The Morgan fingerprint density at radius 1 is 1.27 bits per heavy atom. The third kappa shape index (κ3) is 5.04. The number of piperazine rings is 1. The van der Waals surface area contributed by atoms with Crippen molar-refractivity contribution in [2.24, 2.45) is 10.4 Å². The molecule has 1 heterocycles. The van der Waals surface area contributed by atoms with Crippen LogP contribution in [-0.4, -0.2) is 63.8 Å². The fourth-order valence-electron chi connectivity index (χ4n) is 3.57. The van der Waals surface area contributed by atoms with E-state index in [0.717, 1.165) is 63.3 Å². The Hall–Kier alpha value is -1.46. The van der Waals surface area contributed by atoms with Gasteiger partial charge in [0, 0.05) is 63.7 Å². The lowest BCUT2D eigenvalue weighted by molar-refractivity contribution is 0.128. The lowest BCUT2D eigenvalue weighted by Crippen LogP contribution is -2.53. The monoisotopic (exact) mass is 378 g/mol. The zero-order valence-corrected chi connectivity index (χ0v) is 16.8. The minimum Gasteiger partial charge on any atom is -0.382 e. The van der Waals surface area contributed by atoms with Gasteiger partial charge in [-0.15, -0.1) is 0 Å². The van der Waals surface area contributed by atoms with Crippen molar-refractivity contribution in [3.63, 3.8) is 0 Å². The molecule has 1 N–H and O–H groups in total. The molecule has 144 valence electrons. The van der Waals surface area contributed by atoms with Crippen LogP contribution in [0.25, 0.3) is 0 Å². The molecule has 0 aromatic heterocycles. The molecular weight excluding hydrogens is 348 g/mol. The van der Waals surface area contributed by atoms with Gasteiger partial charge < -0.3 is 19.9 Å². The third-order valence-corrected chi connectivity index (χ3v) is 5.76. The summed E-state index contributed by atoms with van der Waals surface area (Å²) in [6.07, 6.45) is 3.74. The van der Waals surface area contributed by atoms with Crippen LogP contribution in [0.15, 0.2) is 29.3 Å². The molecule has 0 unspecified atom stereocenters. The van der Waals surface area contributed by atoms with Crippen molar-refractivity contribution in [1.82, 2.24) is 10.2 Å². The van der Waals surface area contributed by atoms with Crippen molar-refractivity contribution in [2.75, 3.05) is 57.9 Å². The topological polar surface area (TPSA) is 40.1 Å². The Morgan fingerprint density at radius 3 is 2.65 bits per heavy atom. The number of nitrogens with zero attached hydrogens (tertiary/aromatic N) is 3. The second-order valence-corrected chi connectivity index (χ2v) is 7.74. The van der Waals surface area contributed by atoms with Gasteiger partial charge >= 0.3 is 0 Å². The largest absolute Gasteiger partial charge is 0.382 e. The number of hydrogen-bond donors (Lipinski definition) is 1. The highest BCUT2D eigenvalue weighted by atomic mass is 35.5. The van der Waals surface area contributed by atoms with Crippen LogP contribution in [-0.2, 0) is 4.74 Å². The molecular formula is C20H31ClN4O. The van der Waals surface area contributed by atoms with E-state index in [1.807, 2.05) is 25.2 Å². The SMILES string of the molecule is CCOCCC1(CNC(=NC)N2CCN(c3cccc(Cl)c3)CC2)CC1. The molecule has 0 atom stereocenters. The first-order chi connectivity index (χ1) is 12.7. The maximum absolute atomic E-state index is 6.13. The first kappa shape index (κ1) is 19.3. The maximum Gasteiger partial charge on any atom is 0.193 e. The van der Waals surface area contributed by atoms with Gasteiger partial charge in [-0.05, 0) is 49.8 Å². The lowest BCUT2D eigenvalue weighted by Gasteiger charge is -2.38. The number of rotatable bonds is 7. The second kappa shape index (κ2) is 8.96. The Kier molecular flexibility index (Phi) is 6.65. The highest BCUT2D eigenvalue weighted by molar-refractivity contribution is 6.30. The fraction of sp³-hybridized carbons (Fsp3) is 0.650. The van der Waals surface area contributed by atoms with Gasteiger partial charge in [-0.2, -0.15) is 0 Å². The molecule has 1 saturated carbocycles. The summed E-state index contributed by atoms with van der Waals surface area (Å²) in [5.74, 6) is 1.03. The minimum absolute atomic E-state index is 0.424. The van der Waals surface area contributed by atoms with Crippen molar-refractivity contribution in [2.45, 2.75) is 26.2 Å². The van der Waals surface area contributed by atoms with Gasteiger partial charge in [-0.25, -0.2) is 0 Å². The van der Waals surface area contributed by atoms with E-state index in [2.05, 4.69) is 33.1 Å². The highest BCUT2D eigenvalue weighted by Gasteiger charge is 2.42. The summed E-state index contributed by atoms with van der Waals surface area (Å²) in [6, 6.07) is 8.11. The van der Waals surface area contributed by atoms with Crippen LogP contribution in [0.4, 0.5) is 5.69 Å². The first-order valence-corrected chi connectivity index (χ1v) is 10.1. The summed E-state index contributed by atoms with van der Waals surface area (Å²) >= 11 is 6.13. The molecule has 1 aliphatic carbocycles. The van der Waals surface area contributed by atoms with Crippen molar-refractivity contribution in [1.29, 1.82) is 0 Å². The standard InChI is InChI=1S/C20H31ClN4O/c1-3-26-14-9-20(7-8-20)16-23-19(22-2)25-12-10-24(11-13-25)18-6-4-5-17(21)15-18/h4-6,15H,3,7-14,16H2,1-2H3,(H,22,23). The Labute approximate surface area is 162 Å². The van der Waals surface area contributed by atoms with Gasteiger partial charge in [0.15, 0.2) is 5.96 Å². The minimum atomic E-state index is 0.424. The predicted molar refractivity (Wildman–Crippen MR) is 109 cm³/mol. The smallest absolute Gasteiger partial charge is 0.193 e. The molecule has 3 rings (SSSR count). The number of anilines is 1. The van der Waals surface area contributed by atoms with E-state index >= 15 is 0 Å². The van der Waals surface area contributed by atoms with Crippen LogP contribution in [0.3, 0.4) is 0 Å². The van der Waals surface area contributed by atoms with Crippen LogP contribution in [0.1, 0.15) is 26.2 Å². The summed E-state index contributed by atoms with van der Waals surface area (Å²) in [7, 11) is 1.88. The molecule has 0 bridgehead atoms. The Balaban J connectivity index is 1.47. The number of aliphatic imine (C=N–C) groups is 1.